The molecule has 3 rings (SSSR count). The SMILES string of the molecule is CCCC[C@@H]1Oc2ccc(S(=O)(=O)N(C)Cc3ccccn3)cc2NC1=O. The lowest BCUT2D eigenvalue weighted by atomic mass is 10.1. The molecule has 0 fully saturated rings. The van der Waals surface area contributed by atoms with Crippen molar-refractivity contribution < 1.29 is 17.9 Å². The van der Waals surface area contributed by atoms with Crippen LogP contribution in [0.25, 0.3) is 0 Å². The number of unbranched alkanes of at least 4 members (excludes halogenated alkanes) is 1. The second-order valence-corrected chi connectivity index (χ2v) is 8.52. The van der Waals surface area contributed by atoms with Crippen molar-refractivity contribution in [3.05, 3.63) is 48.3 Å². The number of nitrogens with one attached hydrogen (secondary N) is 1. The van der Waals surface area contributed by atoms with Crippen molar-refractivity contribution in [3.63, 3.8) is 0 Å². The summed E-state index contributed by atoms with van der Waals surface area (Å²) in [5.41, 5.74) is 1.02. The van der Waals surface area contributed by atoms with Crippen molar-refractivity contribution in [2.45, 2.75) is 43.7 Å². The molecule has 0 unspecified atom stereocenters. The van der Waals surface area contributed by atoms with E-state index in [1.54, 1.807) is 24.4 Å². The monoisotopic (exact) mass is 389 g/mol. The fourth-order valence-electron chi connectivity index (χ4n) is 2.85. The van der Waals surface area contributed by atoms with Crippen LogP contribution >= 0.6 is 0 Å². The van der Waals surface area contributed by atoms with Crippen LogP contribution in [-0.4, -0.2) is 36.8 Å². The van der Waals surface area contributed by atoms with Crippen molar-refractivity contribution in [1.29, 1.82) is 0 Å². The Balaban J connectivity index is 1.80. The number of hydrogen-bond acceptors (Lipinski definition) is 5. The molecule has 0 saturated heterocycles. The molecule has 1 N–H and O–H groups in total. The Bertz CT molecular complexity index is 916. The van der Waals surface area contributed by atoms with Gasteiger partial charge < -0.3 is 10.1 Å². The summed E-state index contributed by atoms with van der Waals surface area (Å²) in [7, 11) is -2.23. The predicted molar refractivity (Wildman–Crippen MR) is 102 cm³/mol. The van der Waals surface area contributed by atoms with Crippen LogP contribution in [0, 0.1) is 0 Å². The number of carbonyl (C=O) groups is 1. The first-order chi connectivity index (χ1) is 12.9. The Morgan fingerprint density at radius 2 is 2.07 bits per heavy atom. The summed E-state index contributed by atoms with van der Waals surface area (Å²) in [5.74, 6) is 0.245. The molecule has 0 spiro atoms. The standard InChI is InChI=1S/C19H23N3O4S/c1-3-4-8-18-19(23)21-16-12-15(9-10-17(16)26-18)27(24,25)22(2)13-14-7-5-6-11-20-14/h5-7,9-12,18H,3-4,8,13H2,1-2H3,(H,21,23)/t18-/m0/s1. The molecule has 0 aliphatic carbocycles. The van der Waals surface area contributed by atoms with E-state index in [9.17, 15) is 13.2 Å². The first-order valence-electron chi connectivity index (χ1n) is 8.89. The van der Waals surface area contributed by atoms with Gasteiger partial charge in [-0.15, -0.1) is 0 Å². The van der Waals surface area contributed by atoms with E-state index in [4.69, 9.17) is 4.74 Å². The number of fused-ring (bicyclic) bond motifs is 1. The highest BCUT2D eigenvalue weighted by Gasteiger charge is 2.29. The number of anilines is 1. The third kappa shape index (κ3) is 4.28. The van der Waals surface area contributed by atoms with Crippen molar-refractivity contribution in [2.75, 3.05) is 12.4 Å². The summed E-state index contributed by atoms with van der Waals surface area (Å²) in [6.07, 6.45) is 3.58. The van der Waals surface area contributed by atoms with Crippen molar-refractivity contribution >= 4 is 21.6 Å². The van der Waals surface area contributed by atoms with Crippen molar-refractivity contribution in [3.8, 4) is 5.75 Å². The van der Waals surface area contributed by atoms with Gasteiger partial charge in [0.1, 0.15) is 5.75 Å². The molecule has 1 amide bonds. The maximum absolute atomic E-state index is 12.9. The molecule has 1 atom stereocenters. The van der Waals surface area contributed by atoms with E-state index in [0.717, 1.165) is 12.8 Å². The van der Waals surface area contributed by atoms with Crippen LogP contribution < -0.4 is 10.1 Å². The molecular weight excluding hydrogens is 366 g/mol. The first-order valence-corrected chi connectivity index (χ1v) is 10.3. The normalized spacial score (nSPS) is 16.6. The van der Waals surface area contributed by atoms with Gasteiger partial charge in [-0.2, -0.15) is 4.31 Å². The van der Waals surface area contributed by atoms with Crippen LogP contribution in [0.3, 0.4) is 0 Å². The minimum Gasteiger partial charge on any atom is -0.478 e. The molecule has 144 valence electrons. The number of amides is 1. The zero-order chi connectivity index (χ0) is 19.4. The van der Waals surface area contributed by atoms with Crippen LogP contribution in [0.4, 0.5) is 5.69 Å². The third-order valence-electron chi connectivity index (χ3n) is 4.41. The Labute approximate surface area is 159 Å². The predicted octanol–water partition coefficient (Wildman–Crippen LogP) is 2.79. The lowest BCUT2D eigenvalue weighted by molar-refractivity contribution is -0.123. The zero-order valence-electron chi connectivity index (χ0n) is 15.4. The Kier molecular flexibility index (Phi) is 5.76. The maximum Gasteiger partial charge on any atom is 0.265 e. The smallest absolute Gasteiger partial charge is 0.265 e. The lowest BCUT2D eigenvalue weighted by Gasteiger charge is -2.26. The summed E-state index contributed by atoms with van der Waals surface area (Å²) in [5, 5.41) is 2.76. The number of nitrogens with zero attached hydrogens (tertiary/aromatic N) is 2. The van der Waals surface area contributed by atoms with Crippen molar-refractivity contribution in [1.82, 2.24) is 9.29 Å². The second-order valence-electron chi connectivity index (χ2n) is 6.48. The van der Waals surface area contributed by atoms with E-state index in [-0.39, 0.29) is 17.3 Å². The average molecular weight is 389 g/mol. The molecular formula is C19H23N3O4S. The average Bonchev–Trinajstić information content (AvgIpc) is 2.66. The number of pyridine rings is 1. The van der Waals surface area contributed by atoms with Crippen LogP contribution in [0.2, 0.25) is 0 Å². The van der Waals surface area contributed by atoms with Gasteiger partial charge in [0.2, 0.25) is 10.0 Å². The first kappa shape index (κ1) is 19.3. The highest BCUT2D eigenvalue weighted by molar-refractivity contribution is 7.89. The molecule has 1 aliphatic heterocycles. The van der Waals surface area contributed by atoms with E-state index >= 15 is 0 Å². The van der Waals surface area contributed by atoms with E-state index < -0.39 is 16.1 Å². The summed E-state index contributed by atoms with van der Waals surface area (Å²) >= 11 is 0. The largest absolute Gasteiger partial charge is 0.478 e. The topological polar surface area (TPSA) is 88.6 Å². The van der Waals surface area contributed by atoms with Crippen LogP contribution in [0.5, 0.6) is 5.75 Å². The fourth-order valence-corrected chi connectivity index (χ4v) is 4.02. The van der Waals surface area contributed by atoms with Gasteiger partial charge in [-0.05, 0) is 43.2 Å². The van der Waals surface area contributed by atoms with Gasteiger partial charge in [-0.1, -0.05) is 19.4 Å². The van der Waals surface area contributed by atoms with Gasteiger partial charge in [0.05, 0.1) is 22.8 Å². The number of ether oxygens (including phenoxy) is 1. The summed E-state index contributed by atoms with van der Waals surface area (Å²) in [4.78, 5) is 16.4. The lowest BCUT2D eigenvalue weighted by Crippen LogP contribution is -2.37. The number of benzene rings is 1. The van der Waals surface area contributed by atoms with E-state index in [1.165, 1.54) is 23.5 Å². The van der Waals surface area contributed by atoms with Crippen LogP contribution in [0.15, 0.2) is 47.5 Å². The Morgan fingerprint density at radius 1 is 1.26 bits per heavy atom. The van der Waals surface area contributed by atoms with Crippen LogP contribution in [0.1, 0.15) is 31.9 Å². The Morgan fingerprint density at radius 3 is 2.78 bits per heavy atom. The summed E-state index contributed by atoms with van der Waals surface area (Å²) < 4.78 is 32.7. The van der Waals surface area contributed by atoms with Crippen LogP contribution in [-0.2, 0) is 21.4 Å². The van der Waals surface area contributed by atoms with Gasteiger partial charge in [0, 0.05) is 13.2 Å². The second kappa shape index (κ2) is 8.06. The quantitative estimate of drug-likeness (QED) is 0.787. The minimum absolute atomic E-state index is 0.0931. The number of aromatic nitrogens is 1. The molecule has 2 heterocycles. The molecule has 1 aromatic carbocycles. The molecule has 1 aliphatic rings. The maximum atomic E-state index is 12.9. The van der Waals surface area contributed by atoms with Gasteiger partial charge in [-0.3, -0.25) is 9.78 Å². The number of hydrogen-bond donors (Lipinski definition) is 1. The van der Waals surface area contributed by atoms with Crippen molar-refractivity contribution in [2.24, 2.45) is 0 Å². The molecule has 0 bridgehead atoms. The molecule has 7 nitrogen and oxygen atoms in total. The van der Waals surface area contributed by atoms with Gasteiger partial charge in [0.25, 0.3) is 5.91 Å². The fraction of sp³-hybridized carbons (Fsp3) is 0.368. The number of rotatable bonds is 7. The molecule has 27 heavy (non-hydrogen) atoms. The molecule has 2 aromatic rings. The molecule has 0 radical (unpaired) electrons. The van der Waals surface area contributed by atoms with E-state index in [2.05, 4.69) is 10.3 Å². The molecule has 0 saturated carbocycles. The highest BCUT2D eigenvalue weighted by atomic mass is 32.2. The van der Waals surface area contributed by atoms with E-state index in [0.29, 0.717) is 23.6 Å². The minimum atomic E-state index is -3.73. The van der Waals surface area contributed by atoms with Gasteiger partial charge >= 0.3 is 0 Å². The summed E-state index contributed by atoms with van der Waals surface area (Å²) in [6.45, 7) is 2.20. The number of carbonyl (C=O) groups excluding carboxylic acids is 1. The van der Waals surface area contributed by atoms with Gasteiger partial charge in [0.15, 0.2) is 6.10 Å². The zero-order valence-corrected chi connectivity index (χ0v) is 16.2. The van der Waals surface area contributed by atoms with Gasteiger partial charge in [-0.25, -0.2) is 8.42 Å². The molecule has 8 heteroatoms. The highest BCUT2D eigenvalue weighted by Crippen LogP contribution is 2.33. The third-order valence-corrected chi connectivity index (χ3v) is 6.21. The molecule has 1 aromatic heterocycles. The summed E-state index contributed by atoms with van der Waals surface area (Å²) in [6, 6.07) is 9.88. The Hall–Kier alpha value is -2.45. The van der Waals surface area contributed by atoms with E-state index in [1.807, 2.05) is 13.0 Å². The number of sulfonamides is 1.